The molecule has 7 heteroatoms. The van der Waals surface area contributed by atoms with E-state index in [0.29, 0.717) is 35.0 Å². The van der Waals surface area contributed by atoms with Gasteiger partial charge in [0.25, 0.3) is 10.0 Å². The molecule has 0 fully saturated rings. The monoisotopic (exact) mass is 420 g/mol. The van der Waals surface area contributed by atoms with Gasteiger partial charge in [-0.25, -0.2) is 17.4 Å². The van der Waals surface area contributed by atoms with Crippen LogP contribution in [-0.2, 0) is 16.4 Å². The van der Waals surface area contributed by atoms with Crippen molar-refractivity contribution in [3.05, 3.63) is 52.8 Å². The predicted octanol–water partition coefficient (Wildman–Crippen LogP) is 5.26. The van der Waals surface area contributed by atoms with Crippen LogP contribution in [0, 0.1) is 5.92 Å². The first-order valence-corrected chi connectivity index (χ1v) is 11.1. The van der Waals surface area contributed by atoms with Crippen molar-refractivity contribution in [1.29, 1.82) is 0 Å². The number of imidazole rings is 1. The zero-order chi connectivity index (χ0) is 20.6. The van der Waals surface area contributed by atoms with Crippen LogP contribution in [0.15, 0.2) is 41.3 Å². The van der Waals surface area contributed by atoms with E-state index in [9.17, 15) is 8.42 Å². The molecule has 3 rings (SSSR count). The normalized spacial score (nSPS) is 12.3. The summed E-state index contributed by atoms with van der Waals surface area (Å²) >= 11 is 6.27. The van der Waals surface area contributed by atoms with Crippen LogP contribution in [0.2, 0.25) is 5.28 Å². The number of benzene rings is 2. The van der Waals surface area contributed by atoms with Crippen molar-refractivity contribution in [1.82, 2.24) is 8.96 Å². The Morgan fingerprint density at radius 2 is 1.82 bits per heavy atom. The molecule has 0 aliphatic heterocycles. The SMILES string of the molecule is COc1ccc2c(c1)nc(Cl)n2S(=O)(=O)c1ccc(C(C)C)cc1CC(C)C. The number of aromatic nitrogens is 2. The lowest BCUT2D eigenvalue weighted by Gasteiger charge is -2.16. The van der Waals surface area contributed by atoms with E-state index in [2.05, 4.69) is 32.7 Å². The maximum absolute atomic E-state index is 13.6. The number of methoxy groups -OCH3 is 1. The van der Waals surface area contributed by atoms with Gasteiger partial charge in [0.1, 0.15) is 5.75 Å². The third-order valence-electron chi connectivity index (χ3n) is 4.68. The van der Waals surface area contributed by atoms with Crippen molar-refractivity contribution in [2.45, 2.75) is 44.9 Å². The van der Waals surface area contributed by atoms with E-state index in [-0.39, 0.29) is 10.2 Å². The number of hydrogen-bond donors (Lipinski definition) is 0. The topological polar surface area (TPSA) is 61.2 Å². The van der Waals surface area contributed by atoms with Gasteiger partial charge in [0, 0.05) is 6.07 Å². The average Bonchev–Trinajstić information content (AvgIpc) is 2.96. The third-order valence-corrected chi connectivity index (χ3v) is 6.84. The van der Waals surface area contributed by atoms with E-state index < -0.39 is 10.0 Å². The zero-order valence-corrected chi connectivity index (χ0v) is 18.3. The molecule has 28 heavy (non-hydrogen) atoms. The summed E-state index contributed by atoms with van der Waals surface area (Å²) in [4.78, 5) is 4.49. The maximum Gasteiger partial charge on any atom is 0.270 e. The van der Waals surface area contributed by atoms with Crippen molar-refractivity contribution in [3.8, 4) is 5.75 Å². The smallest absolute Gasteiger partial charge is 0.270 e. The van der Waals surface area contributed by atoms with Gasteiger partial charge >= 0.3 is 0 Å². The lowest BCUT2D eigenvalue weighted by Crippen LogP contribution is -2.16. The van der Waals surface area contributed by atoms with Crippen LogP contribution >= 0.6 is 11.6 Å². The molecular weight excluding hydrogens is 396 g/mol. The fourth-order valence-corrected chi connectivity index (χ4v) is 5.29. The van der Waals surface area contributed by atoms with E-state index in [1.807, 2.05) is 12.1 Å². The minimum Gasteiger partial charge on any atom is -0.497 e. The Kier molecular flexibility index (Phi) is 5.73. The Morgan fingerprint density at radius 1 is 1.11 bits per heavy atom. The fourth-order valence-electron chi connectivity index (χ4n) is 3.27. The van der Waals surface area contributed by atoms with Crippen LogP contribution in [0.1, 0.15) is 44.7 Å². The number of nitrogens with zero attached hydrogens (tertiary/aromatic N) is 2. The molecule has 2 aromatic carbocycles. The molecule has 1 aromatic heterocycles. The summed E-state index contributed by atoms with van der Waals surface area (Å²) in [5.41, 5.74) is 2.81. The van der Waals surface area contributed by atoms with Crippen LogP contribution in [0.25, 0.3) is 11.0 Å². The Bertz CT molecular complexity index is 1120. The largest absolute Gasteiger partial charge is 0.497 e. The standard InChI is InChI=1S/C21H25ClN2O3S/c1-13(2)10-16-11-15(14(3)4)6-9-20(16)28(25,26)24-19-8-7-17(27-5)12-18(19)23-21(24)22/h6-9,11-14H,10H2,1-5H3. The molecule has 1 heterocycles. The molecule has 0 saturated heterocycles. The number of fused-ring (bicyclic) bond motifs is 1. The number of rotatable bonds is 6. The zero-order valence-electron chi connectivity index (χ0n) is 16.7. The highest BCUT2D eigenvalue weighted by Crippen LogP contribution is 2.31. The first-order chi connectivity index (χ1) is 13.1. The maximum atomic E-state index is 13.6. The molecule has 0 aliphatic rings. The first-order valence-electron chi connectivity index (χ1n) is 9.25. The van der Waals surface area contributed by atoms with Gasteiger partial charge in [0.15, 0.2) is 0 Å². The minimum atomic E-state index is -3.91. The second kappa shape index (κ2) is 7.76. The second-order valence-corrected chi connectivity index (χ2v) is 9.72. The molecule has 0 atom stereocenters. The Labute approximate surface area is 171 Å². The molecular formula is C21H25ClN2O3S. The summed E-state index contributed by atoms with van der Waals surface area (Å²) in [6.45, 7) is 8.33. The van der Waals surface area contributed by atoms with Gasteiger partial charge in [-0.2, -0.15) is 0 Å². The molecule has 0 saturated carbocycles. The van der Waals surface area contributed by atoms with Gasteiger partial charge in [-0.05, 0) is 59.2 Å². The van der Waals surface area contributed by atoms with Crippen molar-refractivity contribution in [3.63, 3.8) is 0 Å². The van der Waals surface area contributed by atoms with E-state index in [1.165, 1.54) is 0 Å². The van der Waals surface area contributed by atoms with E-state index in [0.717, 1.165) is 15.1 Å². The summed E-state index contributed by atoms with van der Waals surface area (Å²) < 4.78 is 33.5. The van der Waals surface area contributed by atoms with Crippen LogP contribution in [0.5, 0.6) is 5.75 Å². The second-order valence-electron chi connectivity index (χ2n) is 7.62. The quantitative estimate of drug-likeness (QED) is 0.545. The summed E-state index contributed by atoms with van der Waals surface area (Å²) in [6.07, 6.45) is 0.660. The lowest BCUT2D eigenvalue weighted by molar-refractivity contribution is 0.415. The van der Waals surface area contributed by atoms with Gasteiger partial charge in [0.2, 0.25) is 5.28 Å². The molecule has 0 N–H and O–H groups in total. The third kappa shape index (κ3) is 3.76. The number of hydrogen-bond acceptors (Lipinski definition) is 4. The molecule has 150 valence electrons. The molecule has 3 aromatic rings. The van der Waals surface area contributed by atoms with Crippen LogP contribution in [-0.4, -0.2) is 24.5 Å². The van der Waals surface area contributed by atoms with Crippen molar-refractivity contribution < 1.29 is 13.2 Å². The fraction of sp³-hybridized carbons (Fsp3) is 0.381. The molecule has 5 nitrogen and oxygen atoms in total. The van der Waals surface area contributed by atoms with Crippen LogP contribution in [0.4, 0.5) is 0 Å². The van der Waals surface area contributed by atoms with E-state index in [4.69, 9.17) is 16.3 Å². The molecule has 0 bridgehead atoms. The van der Waals surface area contributed by atoms with Gasteiger partial charge in [-0.15, -0.1) is 0 Å². The summed E-state index contributed by atoms with van der Waals surface area (Å²) in [5.74, 6) is 1.22. The highest BCUT2D eigenvalue weighted by molar-refractivity contribution is 7.90. The van der Waals surface area contributed by atoms with Crippen molar-refractivity contribution in [2.75, 3.05) is 7.11 Å². The van der Waals surface area contributed by atoms with Crippen LogP contribution in [0.3, 0.4) is 0 Å². The molecule has 0 aliphatic carbocycles. The highest BCUT2D eigenvalue weighted by Gasteiger charge is 2.27. The summed E-state index contributed by atoms with van der Waals surface area (Å²) in [7, 11) is -2.36. The molecule has 0 amide bonds. The highest BCUT2D eigenvalue weighted by atomic mass is 35.5. The number of ether oxygens (including phenoxy) is 1. The number of halogens is 1. The predicted molar refractivity (Wildman–Crippen MR) is 113 cm³/mol. The Balaban J connectivity index is 2.23. The summed E-state index contributed by atoms with van der Waals surface area (Å²) in [5, 5.41) is -0.0910. The van der Waals surface area contributed by atoms with Crippen molar-refractivity contribution >= 4 is 32.7 Å². The van der Waals surface area contributed by atoms with Gasteiger partial charge in [-0.3, -0.25) is 0 Å². The molecule has 0 spiro atoms. The van der Waals surface area contributed by atoms with E-state index >= 15 is 0 Å². The molecule has 0 unspecified atom stereocenters. The van der Waals surface area contributed by atoms with Gasteiger partial charge in [0.05, 0.1) is 23.0 Å². The summed E-state index contributed by atoms with van der Waals surface area (Å²) in [6, 6.07) is 10.6. The lowest BCUT2D eigenvalue weighted by atomic mass is 9.96. The van der Waals surface area contributed by atoms with Gasteiger partial charge < -0.3 is 4.74 Å². The molecule has 0 radical (unpaired) electrons. The van der Waals surface area contributed by atoms with Gasteiger partial charge in [-0.1, -0.05) is 39.8 Å². The minimum absolute atomic E-state index is 0.0910. The Hall–Kier alpha value is -2.05. The first kappa shape index (κ1) is 20.7. The Morgan fingerprint density at radius 3 is 2.43 bits per heavy atom. The van der Waals surface area contributed by atoms with Crippen LogP contribution < -0.4 is 4.74 Å². The van der Waals surface area contributed by atoms with Crippen molar-refractivity contribution in [2.24, 2.45) is 5.92 Å². The van der Waals surface area contributed by atoms with E-state index in [1.54, 1.807) is 31.4 Å². The average molecular weight is 421 g/mol.